The van der Waals surface area contributed by atoms with Gasteiger partial charge in [-0.1, -0.05) is 0 Å². The van der Waals surface area contributed by atoms with Crippen molar-refractivity contribution in [2.45, 2.75) is 12.1 Å². The first-order valence-electron chi connectivity index (χ1n) is 4.70. The number of aliphatic hydroxyl groups is 1. The molecule has 0 saturated heterocycles. The van der Waals surface area contributed by atoms with Crippen LogP contribution in [0.2, 0.25) is 0 Å². The van der Waals surface area contributed by atoms with E-state index in [0.29, 0.717) is 0 Å². The Morgan fingerprint density at radius 2 is 1.82 bits per heavy atom. The second-order valence-corrected chi connectivity index (χ2v) is 3.45. The molecule has 0 rings (SSSR count). The van der Waals surface area contributed by atoms with Crippen molar-refractivity contribution < 1.29 is 24.6 Å². The summed E-state index contributed by atoms with van der Waals surface area (Å²) in [6, 6.07) is -2.41. The third-order valence-electron chi connectivity index (χ3n) is 1.82. The van der Waals surface area contributed by atoms with Gasteiger partial charge >= 0.3 is 5.97 Å². The van der Waals surface area contributed by atoms with Crippen LogP contribution in [0.25, 0.3) is 0 Å². The summed E-state index contributed by atoms with van der Waals surface area (Å²) in [6.45, 7) is -0.991. The molecular formula is C8H15N3O5S. The zero-order chi connectivity index (χ0) is 13.4. The second-order valence-electron chi connectivity index (χ2n) is 3.09. The number of aliphatic carboxylic acids is 1. The van der Waals surface area contributed by atoms with Crippen molar-refractivity contribution in [3.05, 3.63) is 0 Å². The van der Waals surface area contributed by atoms with Crippen molar-refractivity contribution in [1.29, 1.82) is 0 Å². The van der Waals surface area contributed by atoms with E-state index in [4.69, 9.17) is 15.9 Å². The van der Waals surface area contributed by atoms with E-state index >= 15 is 0 Å². The average molecular weight is 265 g/mol. The summed E-state index contributed by atoms with van der Waals surface area (Å²) >= 11 is 3.75. The summed E-state index contributed by atoms with van der Waals surface area (Å²) < 4.78 is 0. The van der Waals surface area contributed by atoms with Gasteiger partial charge in [0.25, 0.3) is 0 Å². The molecule has 0 unspecified atom stereocenters. The largest absolute Gasteiger partial charge is 0.480 e. The molecule has 17 heavy (non-hydrogen) atoms. The maximum atomic E-state index is 11.5. The van der Waals surface area contributed by atoms with E-state index < -0.39 is 36.5 Å². The Bertz CT molecular complexity index is 299. The molecule has 0 aliphatic carbocycles. The fourth-order valence-electron chi connectivity index (χ4n) is 0.905. The zero-order valence-electron chi connectivity index (χ0n) is 8.92. The second kappa shape index (κ2) is 7.87. The van der Waals surface area contributed by atoms with Crippen LogP contribution in [0.15, 0.2) is 0 Å². The van der Waals surface area contributed by atoms with Crippen LogP contribution >= 0.6 is 12.6 Å². The van der Waals surface area contributed by atoms with Crippen LogP contribution in [0.5, 0.6) is 0 Å². The maximum Gasteiger partial charge on any atom is 0.327 e. The fourth-order valence-corrected chi connectivity index (χ4v) is 1.15. The molecule has 0 bridgehead atoms. The number of nitrogens with one attached hydrogen (secondary N) is 2. The van der Waals surface area contributed by atoms with E-state index in [1.54, 1.807) is 0 Å². The number of amides is 2. The summed E-state index contributed by atoms with van der Waals surface area (Å²) in [5.74, 6) is -2.80. The minimum Gasteiger partial charge on any atom is -0.480 e. The number of aliphatic hydroxyl groups excluding tert-OH is 1. The van der Waals surface area contributed by atoms with E-state index in [0.717, 1.165) is 0 Å². The molecule has 0 aliphatic heterocycles. The van der Waals surface area contributed by atoms with Crippen molar-refractivity contribution in [2.24, 2.45) is 5.73 Å². The normalized spacial score (nSPS) is 13.6. The van der Waals surface area contributed by atoms with E-state index in [1.807, 2.05) is 0 Å². The lowest BCUT2D eigenvalue weighted by Gasteiger charge is -2.18. The Hall–Kier alpha value is -1.32. The van der Waals surface area contributed by atoms with Gasteiger partial charge in [0.1, 0.15) is 12.1 Å². The number of carbonyl (C=O) groups is 3. The number of hydrogen-bond acceptors (Lipinski definition) is 6. The van der Waals surface area contributed by atoms with Gasteiger partial charge in [-0.25, -0.2) is 4.79 Å². The Kier molecular flexibility index (Phi) is 7.26. The monoisotopic (exact) mass is 265 g/mol. The molecule has 2 atom stereocenters. The molecule has 0 saturated carbocycles. The molecule has 0 heterocycles. The predicted molar refractivity (Wildman–Crippen MR) is 61.5 cm³/mol. The number of thiol groups is 1. The number of carbonyl (C=O) groups excluding carboxylic acids is 2. The minimum atomic E-state index is -1.25. The summed E-state index contributed by atoms with van der Waals surface area (Å²) in [5.41, 5.74) is 5.02. The van der Waals surface area contributed by atoms with Crippen molar-refractivity contribution in [2.75, 3.05) is 18.9 Å². The lowest BCUT2D eigenvalue weighted by molar-refractivity contribution is -0.141. The summed E-state index contributed by atoms with van der Waals surface area (Å²) in [4.78, 5) is 33.0. The smallest absolute Gasteiger partial charge is 0.327 e. The van der Waals surface area contributed by atoms with Crippen LogP contribution in [-0.2, 0) is 14.4 Å². The molecule has 0 aliphatic rings. The van der Waals surface area contributed by atoms with Gasteiger partial charge in [-0.2, -0.15) is 12.6 Å². The van der Waals surface area contributed by atoms with Crippen molar-refractivity contribution in [3.63, 3.8) is 0 Å². The van der Waals surface area contributed by atoms with Gasteiger partial charge in [0.2, 0.25) is 11.8 Å². The first-order chi connectivity index (χ1) is 7.96. The Morgan fingerprint density at radius 3 is 2.18 bits per heavy atom. The third-order valence-corrected chi connectivity index (χ3v) is 2.18. The number of nitrogens with two attached hydrogens (primary N) is 1. The number of carboxylic acid groups (broad SMARTS) is 1. The summed E-state index contributed by atoms with van der Waals surface area (Å²) in [7, 11) is 0. The van der Waals surface area contributed by atoms with Gasteiger partial charge in [-0.15, -0.1) is 0 Å². The molecule has 6 N–H and O–H groups in total. The lowest BCUT2D eigenvalue weighted by Crippen LogP contribution is -2.54. The molecule has 0 aromatic rings. The molecule has 0 fully saturated rings. The quantitative estimate of drug-likeness (QED) is 0.270. The Labute approximate surface area is 103 Å². The first-order valence-corrected chi connectivity index (χ1v) is 5.33. The number of rotatable bonds is 7. The lowest BCUT2D eigenvalue weighted by atomic mass is 10.2. The standard InChI is InChI=1S/C8H15N3O5S/c9-1-6(13)10-4(2-12)7(14)11-5(3-17)8(15)16/h4-5,12,17H,1-3,9H2,(H,10,13)(H,11,14)(H,15,16)/t4-,5-/m0/s1. The van der Waals surface area contributed by atoms with E-state index in [9.17, 15) is 14.4 Å². The van der Waals surface area contributed by atoms with Gasteiger partial charge in [0, 0.05) is 5.75 Å². The maximum absolute atomic E-state index is 11.5. The van der Waals surface area contributed by atoms with Gasteiger partial charge < -0.3 is 26.6 Å². The molecule has 9 heteroatoms. The van der Waals surface area contributed by atoms with Crippen LogP contribution in [0, 0.1) is 0 Å². The number of hydrogen-bond donors (Lipinski definition) is 6. The number of carboxylic acids is 1. The highest BCUT2D eigenvalue weighted by Gasteiger charge is 2.24. The van der Waals surface area contributed by atoms with E-state index in [2.05, 4.69) is 23.3 Å². The van der Waals surface area contributed by atoms with Crippen molar-refractivity contribution in [3.8, 4) is 0 Å². The first kappa shape index (κ1) is 15.7. The molecule has 0 spiro atoms. The van der Waals surface area contributed by atoms with Crippen molar-refractivity contribution in [1.82, 2.24) is 10.6 Å². The highest BCUT2D eigenvalue weighted by Crippen LogP contribution is 1.91. The van der Waals surface area contributed by atoms with E-state index in [1.165, 1.54) is 0 Å². The van der Waals surface area contributed by atoms with Gasteiger partial charge in [0.05, 0.1) is 13.2 Å². The third kappa shape index (κ3) is 5.52. The van der Waals surface area contributed by atoms with Gasteiger partial charge in [-0.05, 0) is 0 Å². The molecule has 0 radical (unpaired) electrons. The van der Waals surface area contributed by atoms with Gasteiger partial charge in [0.15, 0.2) is 0 Å². The Morgan fingerprint density at radius 1 is 1.24 bits per heavy atom. The molecule has 0 aromatic carbocycles. The predicted octanol–water partition coefficient (Wildman–Crippen LogP) is -3.08. The molecule has 98 valence electrons. The average Bonchev–Trinajstić information content (AvgIpc) is 2.31. The topological polar surface area (TPSA) is 142 Å². The molecule has 0 aromatic heterocycles. The van der Waals surface area contributed by atoms with Gasteiger partial charge in [-0.3, -0.25) is 9.59 Å². The highest BCUT2D eigenvalue weighted by atomic mass is 32.1. The van der Waals surface area contributed by atoms with Crippen LogP contribution in [0.1, 0.15) is 0 Å². The molecule has 8 nitrogen and oxygen atoms in total. The Balaban J connectivity index is 4.43. The SMILES string of the molecule is NCC(=O)N[C@@H](CO)C(=O)N[C@@H](CS)C(=O)O. The van der Waals surface area contributed by atoms with Crippen LogP contribution in [-0.4, -0.2) is 59.0 Å². The minimum absolute atomic E-state index is 0.107. The highest BCUT2D eigenvalue weighted by molar-refractivity contribution is 7.80. The van der Waals surface area contributed by atoms with Crippen LogP contribution < -0.4 is 16.4 Å². The van der Waals surface area contributed by atoms with Crippen LogP contribution in [0.3, 0.4) is 0 Å². The van der Waals surface area contributed by atoms with Crippen LogP contribution in [0.4, 0.5) is 0 Å². The van der Waals surface area contributed by atoms with Crippen molar-refractivity contribution >= 4 is 30.4 Å². The summed E-state index contributed by atoms with van der Waals surface area (Å²) in [6.07, 6.45) is 0. The van der Waals surface area contributed by atoms with E-state index in [-0.39, 0.29) is 12.3 Å². The zero-order valence-corrected chi connectivity index (χ0v) is 9.81. The fraction of sp³-hybridized carbons (Fsp3) is 0.625. The summed E-state index contributed by atoms with van der Waals surface area (Å²) in [5, 5.41) is 21.8. The molecule has 2 amide bonds. The molecular weight excluding hydrogens is 250 g/mol.